The average Bonchev–Trinajstić information content (AvgIpc) is 2.45. The van der Waals surface area contributed by atoms with Crippen LogP contribution in [0.25, 0.3) is 0 Å². The zero-order valence-corrected chi connectivity index (χ0v) is 14.2. The molecule has 1 heterocycles. The molecule has 0 spiro atoms. The summed E-state index contributed by atoms with van der Waals surface area (Å²) in [5.74, 6) is -2.28. The van der Waals surface area contributed by atoms with Gasteiger partial charge < -0.3 is 10.6 Å². The number of carbonyl (C=O) groups excluding carboxylic acids is 2. The molecule has 1 aromatic carbocycles. The van der Waals surface area contributed by atoms with E-state index in [9.17, 15) is 18.4 Å². The van der Waals surface area contributed by atoms with E-state index in [0.29, 0.717) is 18.7 Å². The molecule has 1 aromatic rings. The number of carbonyl (C=O) groups is 2. The van der Waals surface area contributed by atoms with Crippen LogP contribution in [0.5, 0.6) is 0 Å². The zero-order chi connectivity index (χ0) is 17.9. The Morgan fingerprint density at radius 2 is 2.04 bits per heavy atom. The van der Waals surface area contributed by atoms with Crippen LogP contribution >= 0.6 is 0 Å². The van der Waals surface area contributed by atoms with Gasteiger partial charge in [-0.3, -0.25) is 14.5 Å². The van der Waals surface area contributed by atoms with Crippen LogP contribution in [-0.4, -0.2) is 41.4 Å². The van der Waals surface area contributed by atoms with Gasteiger partial charge in [0.25, 0.3) is 0 Å². The fraction of sp³-hybridized carbons (Fsp3) is 0.529. The van der Waals surface area contributed by atoms with Crippen LogP contribution in [0.1, 0.15) is 32.8 Å². The van der Waals surface area contributed by atoms with Crippen molar-refractivity contribution in [1.82, 2.24) is 15.5 Å². The highest BCUT2D eigenvalue weighted by molar-refractivity contribution is 5.89. The van der Waals surface area contributed by atoms with Crippen LogP contribution < -0.4 is 10.6 Å². The number of nitrogens with zero attached hydrogens (tertiary/aromatic N) is 1. The lowest BCUT2D eigenvalue weighted by Gasteiger charge is -2.35. The van der Waals surface area contributed by atoms with Crippen molar-refractivity contribution in [3.05, 3.63) is 35.4 Å². The fourth-order valence-electron chi connectivity index (χ4n) is 2.69. The summed E-state index contributed by atoms with van der Waals surface area (Å²) in [7, 11) is 0. The lowest BCUT2D eigenvalue weighted by atomic mass is 10.0. The molecule has 5 nitrogen and oxygen atoms in total. The minimum Gasteiger partial charge on any atom is -0.353 e. The van der Waals surface area contributed by atoms with Gasteiger partial charge in [-0.15, -0.1) is 0 Å². The number of piperazine rings is 1. The summed E-state index contributed by atoms with van der Waals surface area (Å²) in [6, 6.07) is 3.04. The number of nitrogens with one attached hydrogen (secondary N) is 2. The molecule has 2 N–H and O–H groups in total. The molecule has 7 heteroatoms. The smallest absolute Gasteiger partial charge is 0.237 e. The van der Waals surface area contributed by atoms with E-state index in [1.54, 1.807) is 0 Å². The van der Waals surface area contributed by atoms with Gasteiger partial charge in [0.15, 0.2) is 11.6 Å². The van der Waals surface area contributed by atoms with Crippen molar-refractivity contribution in [2.75, 3.05) is 13.1 Å². The number of hydrogen-bond donors (Lipinski definition) is 2. The van der Waals surface area contributed by atoms with E-state index in [2.05, 4.69) is 10.6 Å². The first-order valence-electron chi connectivity index (χ1n) is 7.92. The number of amides is 2. The van der Waals surface area contributed by atoms with Crippen molar-refractivity contribution in [2.45, 2.75) is 45.3 Å². The maximum absolute atomic E-state index is 13.4. The third-order valence-electron chi connectivity index (χ3n) is 3.70. The standard InChI is InChI=1S/C17H23F2N3O2/c1-17(2,3)21-15(23)9-14-16(24)20-6-7-22(14)10-11-4-5-12(18)13(19)8-11/h4-5,8,14H,6-7,9-10H2,1-3H3,(H,20,24)(H,21,23). The summed E-state index contributed by atoms with van der Waals surface area (Å²) in [5.41, 5.74) is 0.178. The van der Waals surface area contributed by atoms with Crippen LogP contribution in [0.2, 0.25) is 0 Å². The van der Waals surface area contributed by atoms with Gasteiger partial charge in [-0.2, -0.15) is 0 Å². The Balaban J connectivity index is 2.09. The van der Waals surface area contributed by atoms with Gasteiger partial charge in [-0.1, -0.05) is 6.07 Å². The number of benzene rings is 1. The zero-order valence-electron chi connectivity index (χ0n) is 14.2. The van der Waals surface area contributed by atoms with Crippen LogP contribution in [-0.2, 0) is 16.1 Å². The Labute approximate surface area is 140 Å². The van der Waals surface area contributed by atoms with Crippen molar-refractivity contribution in [1.29, 1.82) is 0 Å². The second-order valence-electron chi connectivity index (χ2n) is 7.03. The third-order valence-corrected chi connectivity index (χ3v) is 3.70. The molecule has 2 amide bonds. The lowest BCUT2D eigenvalue weighted by molar-refractivity contribution is -0.134. The van der Waals surface area contributed by atoms with E-state index in [0.717, 1.165) is 12.1 Å². The van der Waals surface area contributed by atoms with Gasteiger partial charge in [0.2, 0.25) is 11.8 Å². The van der Waals surface area contributed by atoms with Crippen molar-refractivity contribution in [3.8, 4) is 0 Å². The Morgan fingerprint density at radius 1 is 1.33 bits per heavy atom. The van der Waals surface area contributed by atoms with Crippen molar-refractivity contribution < 1.29 is 18.4 Å². The van der Waals surface area contributed by atoms with E-state index < -0.39 is 17.7 Å². The molecule has 0 aromatic heterocycles. The number of halogens is 2. The molecule has 2 rings (SSSR count). The predicted octanol–water partition coefficient (Wildman–Crippen LogP) is 1.57. The molecule has 1 aliphatic rings. The number of hydrogen-bond acceptors (Lipinski definition) is 3. The van der Waals surface area contributed by atoms with Gasteiger partial charge in [-0.05, 0) is 38.5 Å². The minimum atomic E-state index is -0.920. The summed E-state index contributed by atoms with van der Waals surface area (Å²) >= 11 is 0. The Morgan fingerprint density at radius 3 is 2.67 bits per heavy atom. The van der Waals surface area contributed by atoms with Gasteiger partial charge in [-0.25, -0.2) is 8.78 Å². The Hall–Kier alpha value is -2.02. The van der Waals surface area contributed by atoms with Crippen LogP contribution in [0, 0.1) is 11.6 Å². The average molecular weight is 339 g/mol. The molecule has 0 radical (unpaired) electrons. The molecule has 1 aliphatic heterocycles. The molecule has 1 saturated heterocycles. The first-order chi connectivity index (χ1) is 11.2. The van der Waals surface area contributed by atoms with Crippen LogP contribution in [0.15, 0.2) is 18.2 Å². The van der Waals surface area contributed by atoms with Gasteiger partial charge in [0.05, 0.1) is 12.5 Å². The second kappa shape index (κ2) is 7.25. The molecular weight excluding hydrogens is 316 g/mol. The molecular formula is C17H23F2N3O2. The summed E-state index contributed by atoms with van der Waals surface area (Å²) in [6.07, 6.45) is 0.0206. The van der Waals surface area contributed by atoms with E-state index in [-0.39, 0.29) is 30.3 Å². The van der Waals surface area contributed by atoms with E-state index >= 15 is 0 Å². The van der Waals surface area contributed by atoms with E-state index in [1.165, 1.54) is 6.07 Å². The minimum absolute atomic E-state index is 0.0206. The van der Waals surface area contributed by atoms with Crippen LogP contribution in [0.4, 0.5) is 8.78 Å². The van der Waals surface area contributed by atoms with Crippen molar-refractivity contribution in [2.24, 2.45) is 0 Å². The largest absolute Gasteiger partial charge is 0.353 e. The number of rotatable bonds is 4. The highest BCUT2D eigenvalue weighted by atomic mass is 19.2. The first-order valence-corrected chi connectivity index (χ1v) is 7.92. The quantitative estimate of drug-likeness (QED) is 0.875. The van der Waals surface area contributed by atoms with Crippen molar-refractivity contribution >= 4 is 11.8 Å². The highest BCUT2D eigenvalue weighted by Crippen LogP contribution is 2.16. The fourth-order valence-corrected chi connectivity index (χ4v) is 2.69. The van der Waals surface area contributed by atoms with Gasteiger partial charge in [0.1, 0.15) is 0 Å². The molecule has 24 heavy (non-hydrogen) atoms. The molecule has 0 saturated carbocycles. The third kappa shape index (κ3) is 4.99. The normalized spacial score (nSPS) is 19.0. The topological polar surface area (TPSA) is 61.4 Å². The van der Waals surface area contributed by atoms with E-state index in [1.807, 2.05) is 25.7 Å². The predicted molar refractivity (Wildman–Crippen MR) is 86.1 cm³/mol. The molecule has 1 unspecified atom stereocenters. The molecule has 0 bridgehead atoms. The van der Waals surface area contributed by atoms with Gasteiger partial charge in [0, 0.05) is 25.2 Å². The Kier molecular flexibility index (Phi) is 5.54. The monoisotopic (exact) mass is 339 g/mol. The molecule has 1 fully saturated rings. The summed E-state index contributed by atoms with van der Waals surface area (Å²) in [6.45, 7) is 6.87. The first kappa shape index (κ1) is 18.3. The second-order valence-corrected chi connectivity index (χ2v) is 7.03. The van der Waals surface area contributed by atoms with Crippen molar-refractivity contribution in [3.63, 3.8) is 0 Å². The maximum Gasteiger partial charge on any atom is 0.237 e. The summed E-state index contributed by atoms with van der Waals surface area (Å²) < 4.78 is 26.4. The molecule has 132 valence electrons. The summed E-state index contributed by atoms with van der Waals surface area (Å²) in [4.78, 5) is 26.1. The SMILES string of the molecule is CC(C)(C)NC(=O)CC1C(=O)NCCN1Cc1ccc(F)c(F)c1. The van der Waals surface area contributed by atoms with Crippen LogP contribution in [0.3, 0.4) is 0 Å². The lowest BCUT2D eigenvalue weighted by Crippen LogP contribution is -2.56. The highest BCUT2D eigenvalue weighted by Gasteiger charge is 2.32. The molecule has 0 aliphatic carbocycles. The summed E-state index contributed by atoms with van der Waals surface area (Å²) in [5, 5.41) is 5.57. The Bertz CT molecular complexity index is 629. The van der Waals surface area contributed by atoms with E-state index in [4.69, 9.17) is 0 Å². The maximum atomic E-state index is 13.4. The molecule has 1 atom stereocenters. The van der Waals surface area contributed by atoms with Gasteiger partial charge >= 0.3 is 0 Å².